The second kappa shape index (κ2) is 11.1. The second-order valence-corrected chi connectivity index (χ2v) is 9.99. The summed E-state index contributed by atoms with van der Waals surface area (Å²) >= 11 is 6.14. The lowest BCUT2D eigenvalue weighted by Gasteiger charge is -2.26. The summed E-state index contributed by atoms with van der Waals surface area (Å²) < 4.78 is 30.8. The predicted molar refractivity (Wildman–Crippen MR) is 121 cm³/mol. The fraction of sp³-hybridized carbons (Fsp3) is 0.409. The predicted octanol–water partition coefficient (Wildman–Crippen LogP) is 2.25. The Morgan fingerprint density at radius 2 is 1.74 bits per heavy atom. The molecular formula is C22H28ClN3O4S. The Hall–Kier alpha value is -1.97. The first-order valence-corrected chi connectivity index (χ1v) is 12.4. The van der Waals surface area contributed by atoms with Gasteiger partial charge in [0.05, 0.1) is 26.0 Å². The van der Waals surface area contributed by atoms with Crippen molar-refractivity contribution < 1.29 is 17.9 Å². The molecule has 31 heavy (non-hydrogen) atoms. The Labute approximate surface area is 189 Å². The number of rotatable bonds is 9. The Bertz CT molecular complexity index is 977. The van der Waals surface area contributed by atoms with Crippen LogP contribution >= 0.6 is 11.6 Å². The quantitative estimate of drug-likeness (QED) is 0.614. The van der Waals surface area contributed by atoms with Gasteiger partial charge in [-0.05, 0) is 22.8 Å². The Morgan fingerprint density at radius 3 is 2.39 bits per heavy atom. The van der Waals surface area contributed by atoms with E-state index in [0.717, 1.165) is 49.0 Å². The molecule has 0 unspecified atom stereocenters. The van der Waals surface area contributed by atoms with Gasteiger partial charge < -0.3 is 10.1 Å². The molecule has 1 saturated heterocycles. The molecule has 0 atom stereocenters. The lowest BCUT2D eigenvalue weighted by molar-refractivity contribution is -0.121. The van der Waals surface area contributed by atoms with Crippen LogP contribution in [0.2, 0.25) is 5.02 Å². The normalized spacial score (nSPS) is 15.2. The molecule has 2 aromatic rings. The van der Waals surface area contributed by atoms with Crippen LogP contribution in [0.25, 0.3) is 0 Å². The summed E-state index contributed by atoms with van der Waals surface area (Å²) in [7, 11) is -3.58. The number of hydrogen-bond donors (Lipinski definition) is 1. The summed E-state index contributed by atoms with van der Waals surface area (Å²) in [6.07, 6.45) is 1.09. The van der Waals surface area contributed by atoms with Crippen molar-refractivity contribution in [3.63, 3.8) is 0 Å². The molecule has 9 heteroatoms. The van der Waals surface area contributed by atoms with E-state index in [9.17, 15) is 13.2 Å². The van der Waals surface area contributed by atoms with Crippen molar-refractivity contribution in [1.29, 1.82) is 0 Å². The van der Waals surface area contributed by atoms with Gasteiger partial charge in [0.15, 0.2) is 0 Å². The van der Waals surface area contributed by atoms with Crippen LogP contribution < -0.4 is 5.32 Å². The van der Waals surface area contributed by atoms with E-state index in [1.165, 1.54) is 5.56 Å². The van der Waals surface area contributed by atoms with Gasteiger partial charge in [-0.3, -0.25) is 9.69 Å². The molecular weight excluding hydrogens is 438 g/mol. The zero-order valence-electron chi connectivity index (χ0n) is 17.6. The third-order valence-electron chi connectivity index (χ3n) is 5.12. The van der Waals surface area contributed by atoms with Crippen LogP contribution in [0.15, 0.2) is 48.5 Å². The van der Waals surface area contributed by atoms with Gasteiger partial charge in [0.1, 0.15) is 0 Å². The van der Waals surface area contributed by atoms with Gasteiger partial charge >= 0.3 is 0 Å². The van der Waals surface area contributed by atoms with E-state index in [0.29, 0.717) is 17.1 Å². The zero-order chi connectivity index (χ0) is 22.3. The largest absolute Gasteiger partial charge is 0.379 e. The van der Waals surface area contributed by atoms with E-state index in [1.54, 1.807) is 24.3 Å². The average molecular weight is 466 g/mol. The molecule has 1 N–H and O–H groups in total. The molecule has 0 radical (unpaired) electrons. The number of nitrogens with one attached hydrogen (secondary N) is 1. The van der Waals surface area contributed by atoms with E-state index in [2.05, 4.69) is 22.3 Å². The molecule has 2 aromatic carbocycles. The minimum absolute atomic E-state index is 0.0438. The lowest BCUT2D eigenvalue weighted by atomic mass is 10.1. The van der Waals surface area contributed by atoms with E-state index >= 15 is 0 Å². The number of ether oxygens (including phenoxy) is 1. The van der Waals surface area contributed by atoms with Crippen molar-refractivity contribution >= 4 is 27.5 Å². The second-order valence-electron chi connectivity index (χ2n) is 7.60. The van der Waals surface area contributed by atoms with E-state index in [4.69, 9.17) is 16.3 Å². The lowest BCUT2D eigenvalue weighted by Crippen LogP contribution is -2.39. The van der Waals surface area contributed by atoms with Crippen molar-refractivity contribution in [3.05, 3.63) is 70.2 Å². The van der Waals surface area contributed by atoms with Gasteiger partial charge in [-0.25, -0.2) is 8.42 Å². The van der Waals surface area contributed by atoms with Gasteiger partial charge in [-0.2, -0.15) is 4.31 Å². The number of carbonyl (C=O) groups excluding carboxylic acids is 1. The summed E-state index contributed by atoms with van der Waals surface area (Å²) in [6.45, 7) is 4.39. The first-order valence-electron chi connectivity index (χ1n) is 10.1. The van der Waals surface area contributed by atoms with Crippen LogP contribution in [0.1, 0.15) is 16.7 Å². The minimum atomic E-state index is -3.58. The van der Waals surface area contributed by atoms with Crippen molar-refractivity contribution in [1.82, 2.24) is 14.5 Å². The molecule has 1 aliphatic rings. The molecule has 168 valence electrons. The molecule has 0 aliphatic carbocycles. The fourth-order valence-corrected chi connectivity index (χ4v) is 4.22. The Kier molecular flexibility index (Phi) is 8.45. The van der Waals surface area contributed by atoms with Crippen LogP contribution in [0.5, 0.6) is 0 Å². The van der Waals surface area contributed by atoms with Gasteiger partial charge in [-0.15, -0.1) is 0 Å². The van der Waals surface area contributed by atoms with Crippen LogP contribution in [-0.4, -0.2) is 62.6 Å². The number of sulfonamides is 1. The maximum Gasteiger partial charge on any atom is 0.235 e. The summed E-state index contributed by atoms with van der Waals surface area (Å²) in [5.74, 6) is -0.366. The number of carbonyl (C=O) groups is 1. The van der Waals surface area contributed by atoms with Gasteiger partial charge in [0.25, 0.3) is 0 Å². The van der Waals surface area contributed by atoms with Crippen molar-refractivity contribution in [2.24, 2.45) is 0 Å². The van der Waals surface area contributed by atoms with Gasteiger partial charge in [0.2, 0.25) is 15.9 Å². The van der Waals surface area contributed by atoms with E-state index in [-0.39, 0.29) is 19.0 Å². The molecule has 1 heterocycles. The molecule has 1 aliphatic heterocycles. The van der Waals surface area contributed by atoms with Crippen LogP contribution in [-0.2, 0) is 39.2 Å². The van der Waals surface area contributed by atoms with Crippen LogP contribution in [0, 0.1) is 0 Å². The number of nitrogens with zero attached hydrogens (tertiary/aromatic N) is 2. The zero-order valence-corrected chi connectivity index (χ0v) is 19.2. The fourth-order valence-electron chi connectivity index (χ4n) is 3.30. The molecule has 0 spiro atoms. The minimum Gasteiger partial charge on any atom is -0.379 e. The number of morpholine rings is 1. The summed E-state index contributed by atoms with van der Waals surface area (Å²) in [5.41, 5.74) is 2.81. The number of benzene rings is 2. The highest BCUT2D eigenvalue weighted by Gasteiger charge is 2.21. The van der Waals surface area contributed by atoms with Crippen molar-refractivity contribution in [2.75, 3.05) is 39.1 Å². The third-order valence-corrected chi connectivity index (χ3v) is 6.68. The highest BCUT2D eigenvalue weighted by atomic mass is 35.5. The molecule has 3 rings (SSSR count). The summed E-state index contributed by atoms with van der Waals surface area (Å²) in [5, 5.41) is 3.26. The van der Waals surface area contributed by atoms with Gasteiger partial charge in [-0.1, -0.05) is 54.1 Å². The number of halogens is 1. The monoisotopic (exact) mass is 465 g/mol. The van der Waals surface area contributed by atoms with Gasteiger partial charge in [0, 0.05) is 37.7 Å². The smallest absolute Gasteiger partial charge is 0.235 e. The summed E-state index contributed by atoms with van der Waals surface area (Å²) in [6, 6.07) is 15.1. The first kappa shape index (κ1) is 23.7. The Balaban J connectivity index is 1.52. The third kappa shape index (κ3) is 7.59. The molecule has 1 amide bonds. The molecule has 0 aromatic heterocycles. The van der Waals surface area contributed by atoms with Crippen LogP contribution in [0.4, 0.5) is 0 Å². The first-order chi connectivity index (χ1) is 14.8. The highest BCUT2D eigenvalue weighted by molar-refractivity contribution is 7.88. The average Bonchev–Trinajstić information content (AvgIpc) is 2.74. The SMILES string of the molecule is CS(=O)(=O)N(CC(=O)NCc1ccc(CN2CCOCC2)cc1)Cc1ccccc1Cl. The standard InChI is InChI=1S/C22H28ClN3O4S/c1-31(28,29)26(16-20-4-2-3-5-21(20)23)17-22(27)24-14-18-6-8-19(9-7-18)15-25-10-12-30-13-11-25/h2-9H,10-17H2,1H3,(H,24,27). The van der Waals surface area contributed by atoms with Crippen molar-refractivity contribution in [2.45, 2.75) is 19.6 Å². The van der Waals surface area contributed by atoms with Crippen molar-refractivity contribution in [3.8, 4) is 0 Å². The number of hydrogen-bond acceptors (Lipinski definition) is 5. The molecule has 7 nitrogen and oxygen atoms in total. The Morgan fingerprint density at radius 1 is 1.10 bits per heavy atom. The topological polar surface area (TPSA) is 79.0 Å². The maximum atomic E-state index is 12.4. The molecule has 1 fully saturated rings. The van der Waals surface area contributed by atoms with E-state index in [1.807, 2.05) is 12.1 Å². The van der Waals surface area contributed by atoms with Crippen LogP contribution in [0.3, 0.4) is 0 Å². The maximum absolute atomic E-state index is 12.4. The number of amides is 1. The summed E-state index contributed by atoms with van der Waals surface area (Å²) in [4.78, 5) is 14.8. The molecule has 0 bridgehead atoms. The van der Waals surface area contributed by atoms with E-state index < -0.39 is 10.0 Å². The highest BCUT2D eigenvalue weighted by Crippen LogP contribution is 2.18. The molecule has 0 saturated carbocycles.